The summed E-state index contributed by atoms with van der Waals surface area (Å²) in [6.07, 6.45) is 0. The molecular weight excluding hydrogens is 416 g/mol. The van der Waals surface area contributed by atoms with Gasteiger partial charge in [-0.2, -0.15) is 0 Å². The molecule has 2 heteroatoms. The summed E-state index contributed by atoms with van der Waals surface area (Å²) in [4.78, 5) is 0. The van der Waals surface area contributed by atoms with Crippen molar-refractivity contribution in [3.63, 3.8) is 0 Å². The van der Waals surface area contributed by atoms with Gasteiger partial charge < -0.3 is 4.43 Å². The molecule has 0 atom stereocenters. The van der Waals surface area contributed by atoms with Crippen LogP contribution in [0.1, 0.15) is 16.7 Å². The third-order valence-electron chi connectivity index (χ3n) is 6.66. The first-order valence-corrected chi connectivity index (χ1v) is 11.5. The maximum atomic E-state index is 6.53. The molecule has 0 aliphatic rings. The smallest absolute Gasteiger partial charge is 0.248 e. The van der Waals surface area contributed by atoms with E-state index in [0.717, 1.165) is 16.7 Å². The molecule has 0 fully saturated rings. The fraction of sp³-hybridized carbons (Fsp3) is 0.0323. The molecule has 33 heavy (non-hydrogen) atoms. The van der Waals surface area contributed by atoms with Crippen LogP contribution in [0.4, 0.5) is 0 Å². The van der Waals surface area contributed by atoms with E-state index in [1.807, 2.05) is 0 Å². The zero-order valence-corrected chi connectivity index (χ0v) is 19.0. The molecule has 0 bridgehead atoms. The molecule has 0 spiro atoms. The molecule has 0 N–H and O–H groups in total. The van der Waals surface area contributed by atoms with Crippen molar-refractivity contribution in [2.24, 2.45) is 0 Å². The first-order chi connectivity index (χ1) is 16.3. The molecule has 6 aromatic rings. The number of rotatable bonds is 4. The monoisotopic (exact) mass is 437 g/mol. The lowest BCUT2D eigenvalue weighted by atomic mass is 9.75. The largest absolute Gasteiger partial charge is 0.401 e. The molecule has 3 radical (unpaired) electrons. The molecule has 6 rings (SSSR count). The number of fused-ring (bicyclic) bond motifs is 3. The normalized spacial score (nSPS) is 11.9. The summed E-state index contributed by atoms with van der Waals surface area (Å²) in [6, 6.07) is 44.9. The van der Waals surface area contributed by atoms with Crippen LogP contribution in [0.25, 0.3) is 32.3 Å². The molecule has 0 heterocycles. The van der Waals surface area contributed by atoms with E-state index in [9.17, 15) is 0 Å². The molecule has 1 nitrogen and oxygen atoms in total. The molecule has 0 aromatic heterocycles. The molecule has 0 saturated carbocycles. The van der Waals surface area contributed by atoms with Crippen LogP contribution < -0.4 is 0 Å². The van der Waals surface area contributed by atoms with E-state index in [1.165, 1.54) is 32.3 Å². The van der Waals surface area contributed by atoms with E-state index < -0.39 is 5.60 Å². The van der Waals surface area contributed by atoms with Crippen molar-refractivity contribution in [1.82, 2.24) is 0 Å². The molecular formula is C31H21OSi. The van der Waals surface area contributed by atoms with Gasteiger partial charge in [0.15, 0.2) is 0 Å². The lowest BCUT2D eigenvalue weighted by Gasteiger charge is -2.37. The van der Waals surface area contributed by atoms with Gasteiger partial charge >= 0.3 is 0 Å². The van der Waals surface area contributed by atoms with Crippen LogP contribution in [0.2, 0.25) is 0 Å². The van der Waals surface area contributed by atoms with Crippen molar-refractivity contribution in [1.29, 1.82) is 0 Å². The Kier molecular flexibility index (Phi) is 4.83. The zero-order valence-electron chi connectivity index (χ0n) is 18.0. The van der Waals surface area contributed by atoms with Gasteiger partial charge in [-0.05, 0) is 49.0 Å². The van der Waals surface area contributed by atoms with E-state index in [2.05, 4.69) is 138 Å². The van der Waals surface area contributed by atoms with Gasteiger partial charge in [-0.25, -0.2) is 0 Å². The quantitative estimate of drug-likeness (QED) is 0.204. The molecule has 6 aromatic carbocycles. The van der Waals surface area contributed by atoms with E-state index in [0.29, 0.717) is 0 Å². The van der Waals surface area contributed by atoms with Crippen molar-refractivity contribution in [2.45, 2.75) is 5.60 Å². The Morgan fingerprint density at radius 2 is 0.697 bits per heavy atom. The Morgan fingerprint density at radius 3 is 1.03 bits per heavy atom. The molecule has 0 unspecified atom stereocenters. The second kappa shape index (κ2) is 8.00. The first kappa shape index (κ1) is 19.9. The zero-order chi connectivity index (χ0) is 22.3. The Balaban J connectivity index is 1.84. The van der Waals surface area contributed by atoms with Crippen molar-refractivity contribution < 1.29 is 4.43 Å². The Morgan fingerprint density at radius 1 is 0.394 bits per heavy atom. The Hall–Kier alpha value is -3.72. The van der Waals surface area contributed by atoms with Crippen LogP contribution in [0.15, 0.2) is 127 Å². The third-order valence-corrected chi connectivity index (χ3v) is 6.97. The lowest BCUT2D eigenvalue weighted by molar-refractivity contribution is 0.178. The summed E-state index contributed by atoms with van der Waals surface area (Å²) in [6.45, 7) is 0. The SMILES string of the molecule is [Si]OC(c1cccc2ccccc12)(c1cccc2ccccc12)c1cccc2ccccc12. The maximum absolute atomic E-state index is 6.53. The first-order valence-electron chi connectivity index (χ1n) is 11.1. The van der Waals surface area contributed by atoms with Crippen LogP contribution in [-0.4, -0.2) is 10.5 Å². The highest BCUT2D eigenvalue weighted by molar-refractivity contribution is 6.01. The summed E-state index contributed by atoms with van der Waals surface area (Å²) in [5.41, 5.74) is 2.43. The van der Waals surface area contributed by atoms with Crippen molar-refractivity contribution in [3.8, 4) is 0 Å². The fourth-order valence-electron chi connectivity index (χ4n) is 5.20. The molecule has 0 aliphatic carbocycles. The fourth-order valence-corrected chi connectivity index (χ4v) is 5.53. The summed E-state index contributed by atoms with van der Waals surface area (Å²) < 4.78 is 6.53. The van der Waals surface area contributed by atoms with Crippen molar-refractivity contribution in [2.75, 3.05) is 0 Å². The van der Waals surface area contributed by atoms with E-state index in [4.69, 9.17) is 4.43 Å². The summed E-state index contributed by atoms with van der Waals surface area (Å²) >= 11 is 0. The Bertz CT molecular complexity index is 1410. The minimum absolute atomic E-state index is 0.876. The van der Waals surface area contributed by atoms with Crippen LogP contribution in [-0.2, 0) is 10.0 Å². The maximum Gasteiger partial charge on any atom is 0.248 e. The molecule has 155 valence electrons. The van der Waals surface area contributed by atoms with Gasteiger partial charge in [-0.1, -0.05) is 127 Å². The molecule has 0 aliphatic heterocycles. The van der Waals surface area contributed by atoms with Crippen LogP contribution in [0.5, 0.6) is 0 Å². The van der Waals surface area contributed by atoms with Gasteiger partial charge in [-0.3, -0.25) is 0 Å². The van der Waals surface area contributed by atoms with E-state index in [1.54, 1.807) is 0 Å². The number of benzene rings is 6. The van der Waals surface area contributed by atoms with Gasteiger partial charge in [0.25, 0.3) is 0 Å². The minimum Gasteiger partial charge on any atom is -0.401 e. The summed E-state index contributed by atoms with van der Waals surface area (Å²) in [5, 5.41) is 7.05. The van der Waals surface area contributed by atoms with E-state index >= 15 is 0 Å². The van der Waals surface area contributed by atoms with Gasteiger partial charge in [0.2, 0.25) is 10.5 Å². The molecule has 0 saturated heterocycles. The number of hydrogen-bond donors (Lipinski definition) is 0. The van der Waals surface area contributed by atoms with Gasteiger partial charge in [0.05, 0.1) is 0 Å². The van der Waals surface area contributed by atoms with Crippen LogP contribution in [0.3, 0.4) is 0 Å². The highest BCUT2D eigenvalue weighted by Gasteiger charge is 2.39. The van der Waals surface area contributed by atoms with Crippen molar-refractivity contribution in [3.05, 3.63) is 144 Å². The van der Waals surface area contributed by atoms with Crippen LogP contribution >= 0.6 is 0 Å². The molecule has 0 amide bonds. The Labute approximate surface area is 196 Å². The second-order valence-electron chi connectivity index (χ2n) is 8.36. The summed E-state index contributed by atoms with van der Waals surface area (Å²) in [5.74, 6) is 0. The summed E-state index contributed by atoms with van der Waals surface area (Å²) in [7, 11) is 3.60. The lowest BCUT2D eigenvalue weighted by Crippen LogP contribution is -2.33. The third kappa shape index (κ3) is 3.03. The number of hydrogen-bond acceptors (Lipinski definition) is 1. The average Bonchev–Trinajstić information content (AvgIpc) is 2.90. The predicted molar refractivity (Wildman–Crippen MR) is 139 cm³/mol. The van der Waals surface area contributed by atoms with Gasteiger partial charge in [0.1, 0.15) is 5.60 Å². The van der Waals surface area contributed by atoms with Gasteiger partial charge in [-0.15, -0.1) is 0 Å². The van der Waals surface area contributed by atoms with Crippen LogP contribution in [0, 0.1) is 0 Å². The highest BCUT2D eigenvalue weighted by Crippen LogP contribution is 2.47. The van der Waals surface area contributed by atoms with Crippen molar-refractivity contribution >= 4 is 42.8 Å². The topological polar surface area (TPSA) is 9.23 Å². The second-order valence-corrected chi connectivity index (χ2v) is 8.57. The minimum atomic E-state index is -0.876. The van der Waals surface area contributed by atoms with E-state index in [-0.39, 0.29) is 0 Å². The predicted octanol–water partition coefficient (Wildman–Crippen LogP) is 7.54. The standard InChI is InChI=1S/C31H21OSi/c33-32-31(28-19-7-13-22-10-1-4-16-25(22)28,29-20-8-14-23-11-2-5-17-26(23)29)30-21-9-15-24-12-3-6-18-27(24)30/h1-21H. The van der Waals surface area contributed by atoms with Gasteiger partial charge in [0, 0.05) is 0 Å². The average molecular weight is 438 g/mol. The highest BCUT2D eigenvalue weighted by atomic mass is 28.2.